The van der Waals surface area contributed by atoms with Crippen molar-refractivity contribution in [2.75, 3.05) is 20.2 Å². The standard InChI is InChI=1S/C20H24N2O2/c1-3-12-11-22-9-8-20-14-6-4-5-7-15(14)21-18(20)17(19(23)24-2)13(12)10-16(20)22/h4-7,12-13,16-17H,3,8-11H2,1-2H3. The van der Waals surface area contributed by atoms with E-state index in [1.165, 1.54) is 12.7 Å². The lowest BCUT2D eigenvalue weighted by molar-refractivity contribution is -0.147. The molecular weight excluding hydrogens is 300 g/mol. The van der Waals surface area contributed by atoms with Crippen LogP contribution in [-0.2, 0) is 14.9 Å². The summed E-state index contributed by atoms with van der Waals surface area (Å²) in [7, 11) is 1.52. The Labute approximate surface area is 142 Å². The molecule has 5 rings (SSSR count). The summed E-state index contributed by atoms with van der Waals surface area (Å²) >= 11 is 0. The minimum Gasteiger partial charge on any atom is -0.469 e. The molecule has 0 amide bonds. The van der Waals surface area contributed by atoms with E-state index in [0.717, 1.165) is 43.8 Å². The fourth-order valence-electron chi connectivity index (χ4n) is 6.14. The van der Waals surface area contributed by atoms with Gasteiger partial charge in [0.2, 0.25) is 0 Å². The van der Waals surface area contributed by atoms with Crippen LogP contribution in [0.3, 0.4) is 0 Å². The zero-order valence-corrected chi connectivity index (χ0v) is 14.4. The third-order valence-electron chi connectivity index (χ3n) is 7.16. The van der Waals surface area contributed by atoms with Crippen LogP contribution in [0.4, 0.5) is 5.69 Å². The second-order valence-corrected chi connectivity index (χ2v) is 7.81. The van der Waals surface area contributed by atoms with E-state index in [1.807, 2.05) is 0 Å². The lowest BCUT2D eigenvalue weighted by Gasteiger charge is -2.53. The summed E-state index contributed by atoms with van der Waals surface area (Å²) < 4.78 is 5.25. The first-order valence-electron chi connectivity index (χ1n) is 9.21. The van der Waals surface area contributed by atoms with E-state index in [1.54, 1.807) is 0 Å². The van der Waals surface area contributed by atoms with Crippen LogP contribution in [0.1, 0.15) is 31.7 Å². The van der Waals surface area contributed by atoms with Crippen LogP contribution < -0.4 is 0 Å². The van der Waals surface area contributed by atoms with Gasteiger partial charge < -0.3 is 4.74 Å². The molecule has 4 heteroatoms. The Hall–Kier alpha value is -1.68. The summed E-state index contributed by atoms with van der Waals surface area (Å²) in [6.45, 7) is 4.49. The summed E-state index contributed by atoms with van der Waals surface area (Å²) in [6.07, 6.45) is 3.31. The van der Waals surface area contributed by atoms with Gasteiger partial charge in [-0.05, 0) is 42.9 Å². The number of nitrogens with zero attached hydrogens (tertiary/aromatic N) is 2. The molecule has 4 nitrogen and oxygen atoms in total. The Kier molecular flexibility index (Phi) is 3.00. The van der Waals surface area contributed by atoms with Gasteiger partial charge in [-0.3, -0.25) is 14.7 Å². The number of carbonyl (C=O) groups is 1. The second kappa shape index (κ2) is 4.92. The first-order chi connectivity index (χ1) is 11.7. The maximum absolute atomic E-state index is 12.8. The normalized spacial score (nSPS) is 39.2. The molecule has 1 aliphatic carbocycles. The van der Waals surface area contributed by atoms with Gasteiger partial charge in [0.1, 0.15) is 0 Å². The largest absolute Gasteiger partial charge is 0.469 e. The van der Waals surface area contributed by atoms with Gasteiger partial charge in [-0.25, -0.2) is 0 Å². The number of carbonyl (C=O) groups excluding carboxylic acids is 1. The quantitative estimate of drug-likeness (QED) is 0.786. The molecule has 5 atom stereocenters. The van der Waals surface area contributed by atoms with Crippen LogP contribution in [0.25, 0.3) is 0 Å². The molecule has 3 aliphatic heterocycles. The highest BCUT2D eigenvalue weighted by molar-refractivity contribution is 6.13. The van der Waals surface area contributed by atoms with Crippen molar-refractivity contribution in [2.45, 2.75) is 37.6 Å². The first kappa shape index (κ1) is 14.6. The number of aliphatic imine (C=N–C) groups is 1. The first-order valence-corrected chi connectivity index (χ1v) is 9.21. The molecule has 2 saturated heterocycles. The summed E-state index contributed by atoms with van der Waals surface area (Å²) in [5.74, 6) is 0.697. The van der Waals surface area contributed by atoms with Crippen molar-refractivity contribution in [3.05, 3.63) is 29.8 Å². The molecule has 1 spiro atoms. The van der Waals surface area contributed by atoms with E-state index in [0.29, 0.717) is 17.9 Å². The van der Waals surface area contributed by atoms with Gasteiger partial charge in [0, 0.05) is 18.3 Å². The number of ether oxygens (including phenoxy) is 1. The summed E-state index contributed by atoms with van der Waals surface area (Å²) in [4.78, 5) is 20.5. The van der Waals surface area contributed by atoms with Crippen molar-refractivity contribution in [3.8, 4) is 0 Å². The highest BCUT2D eigenvalue weighted by Gasteiger charge is 2.65. The van der Waals surface area contributed by atoms with E-state index in [9.17, 15) is 4.79 Å². The van der Waals surface area contributed by atoms with Gasteiger partial charge in [-0.1, -0.05) is 31.5 Å². The van der Waals surface area contributed by atoms with Crippen LogP contribution in [0.2, 0.25) is 0 Å². The fraction of sp³-hybridized carbons (Fsp3) is 0.600. The average Bonchev–Trinajstić information content (AvgIpc) is 3.17. The molecule has 126 valence electrons. The summed E-state index contributed by atoms with van der Waals surface area (Å²) in [5.41, 5.74) is 3.47. The highest BCUT2D eigenvalue weighted by atomic mass is 16.5. The maximum atomic E-state index is 12.8. The highest BCUT2D eigenvalue weighted by Crippen LogP contribution is 2.60. The summed E-state index contributed by atoms with van der Waals surface area (Å²) in [6, 6.07) is 9.01. The second-order valence-electron chi connectivity index (χ2n) is 7.81. The minimum absolute atomic E-state index is 0.0509. The van der Waals surface area contributed by atoms with Gasteiger partial charge >= 0.3 is 5.97 Å². The Morgan fingerprint density at radius 3 is 3.04 bits per heavy atom. The predicted molar refractivity (Wildman–Crippen MR) is 92.6 cm³/mol. The molecular formula is C20H24N2O2. The molecule has 4 aliphatic rings. The summed E-state index contributed by atoms with van der Waals surface area (Å²) in [5, 5.41) is 0. The van der Waals surface area contributed by atoms with E-state index in [4.69, 9.17) is 9.73 Å². The number of fused-ring (bicyclic) bond motifs is 2. The van der Waals surface area contributed by atoms with Crippen LogP contribution >= 0.6 is 0 Å². The Morgan fingerprint density at radius 1 is 1.42 bits per heavy atom. The number of para-hydroxylation sites is 1. The molecule has 2 bridgehead atoms. The van der Waals surface area contributed by atoms with E-state index in [2.05, 4.69) is 36.1 Å². The predicted octanol–water partition coefficient (Wildman–Crippen LogP) is 2.93. The molecule has 0 radical (unpaired) electrons. The van der Waals surface area contributed by atoms with Crippen molar-refractivity contribution in [1.29, 1.82) is 0 Å². The van der Waals surface area contributed by atoms with Crippen molar-refractivity contribution >= 4 is 17.4 Å². The number of hydrogen-bond acceptors (Lipinski definition) is 4. The Balaban J connectivity index is 1.73. The molecule has 1 aromatic carbocycles. The lowest BCUT2D eigenvalue weighted by atomic mass is 9.55. The van der Waals surface area contributed by atoms with E-state index in [-0.39, 0.29) is 17.3 Å². The van der Waals surface area contributed by atoms with Crippen LogP contribution in [-0.4, -0.2) is 42.8 Å². The van der Waals surface area contributed by atoms with Gasteiger partial charge in [-0.2, -0.15) is 0 Å². The van der Waals surface area contributed by atoms with E-state index < -0.39 is 0 Å². The number of methoxy groups -OCH3 is 1. The third-order valence-corrected chi connectivity index (χ3v) is 7.16. The molecule has 0 aromatic heterocycles. The number of rotatable bonds is 2. The zero-order valence-electron chi connectivity index (χ0n) is 14.4. The number of benzene rings is 1. The number of piperidine rings is 1. The smallest absolute Gasteiger partial charge is 0.314 e. The zero-order chi connectivity index (χ0) is 16.5. The van der Waals surface area contributed by atoms with E-state index >= 15 is 0 Å². The average molecular weight is 324 g/mol. The minimum atomic E-state index is -0.163. The lowest BCUT2D eigenvalue weighted by Crippen LogP contribution is -2.62. The molecule has 3 fully saturated rings. The molecule has 1 aromatic rings. The fourth-order valence-corrected chi connectivity index (χ4v) is 6.14. The molecule has 1 saturated carbocycles. The third kappa shape index (κ3) is 1.58. The Morgan fingerprint density at radius 2 is 2.25 bits per heavy atom. The monoisotopic (exact) mass is 324 g/mol. The SMILES string of the molecule is CCC1CN2CCC34C(=Nc5ccccc53)C(C(=O)OC)C1CC24. The van der Waals surface area contributed by atoms with Gasteiger partial charge in [-0.15, -0.1) is 0 Å². The van der Waals surface area contributed by atoms with Gasteiger partial charge in [0.25, 0.3) is 0 Å². The van der Waals surface area contributed by atoms with Crippen molar-refractivity contribution < 1.29 is 9.53 Å². The van der Waals surface area contributed by atoms with Crippen molar-refractivity contribution in [1.82, 2.24) is 4.90 Å². The number of esters is 1. The Bertz CT molecular complexity index is 743. The van der Waals surface area contributed by atoms with Crippen LogP contribution in [0.5, 0.6) is 0 Å². The van der Waals surface area contributed by atoms with Crippen molar-refractivity contribution in [3.63, 3.8) is 0 Å². The van der Waals surface area contributed by atoms with Gasteiger partial charge in [0.15, 0.2) is 0 Å². The van der Waals surface area contributed by atoms with Crippen molar-refractivity contribution in [2.24, 2.45) is 22.7 Å². The molecule has 0 N–H and O–H groups in total. The molecule has 24 heavy (non-hydrogen) atoms. The number of hydrogen-bond donors (Lipinski definition) is 0. The molecule has 3 heterocycles. The van der Waals surface area contributed by atoms with Crippen LogP contribution in [0.15, 0.2) is 29.3 Å². The van der Waals surface area contributed by atoms with Gasteiger partial charge in [0.05, 0.1) is 24.1 Å². The van der Waals surface area contributed by atoms with Crippen LogP contribution in [0, 0.1) is 17.8 Å². The molecule has 5 unspecified atom stereocenters. The topological polar surface area (TPSA) is 41.9 Å². The maximum Gasteiger partial charge on any atom is 0.314 e.